The first-order chi connectivity index (χ1) is 69.5. The van der Waals surface area contributed by atoms with Gasteiger partial charge in [-0.15, -0.1) is 0 Å². The van der Waals surface area contributed by atoms with Crippen LogP contribution in [-0.2, 0) is 48.6 Å². The van der Waals surface area contributed by atoms with Crippen molar-refractivity contribution in [1.29, 1.82) is 0 Å². The summed E-state index contributed by atoms with van der Waals surface area (Å²) in [6.45, 7) is 8.59. The zero-order valence-electron chi connectivity index (χ0n) is 82.3. The Morgan fingerprint density at radius 3 is 1.04 bits per heavy atom. The van der Waals surface area contributed by atoms with Crippen LogP contribution in [0.1, 0.15) is 166 Å². The summed E-state index contributed by atoms with van der Waals surface area (Å²) >= 11 is 0. The summed E-state index contributed by atoms with van der Waals surface area (Å²) < 4.78 is 130. The fourth-order valence-corrected chi connectivity index (χ4v) is 29.7. The number of hydrogen-bond acceptors (Lipinski definition) is 18. The normalized spacial score (nSPS) is 30.4. The maximum absolute atomic E-state index is 13.6. The molecule has 764 valence electrons. The molecular formula is C112H132F4N12O14S2. The second kappa shape index (κ2) is 46.6. The number of ether oxygens (including phenoxy) is 4. The first kappa shape index (κ1) is 103. The maximum Gasteiger partial charge on any atom is 0.407 e. The maximum atomic E-state index is 13.6. The first-order valence-corrected chi connectivity index (χ1v) is 54.6. The number of nitrogens with zero attached hydrogens (tertiary/aromatic N) is 6. The van der Waals surface area contributed by atoms with Gasteiger partial charge in [-0.2, -0.15) is 0 Å². The molecule has 8 heterocycles. The van der Waals surface area contributed by atoms with Crippen LogP contribution in [0, 0.1) is 118 Å². The molecule has 4 aromatic heterocycles. The molecule has 32 heteroatoms. The average molecular weight is 2010 g/mol. The third-order valence-corrected chi connectivity index (χ3v) is 36.0. The van der Waals surface area contributed by atoms with Crippen molar-refractivity contribution in [1.82, 2.24) is 60.4 Å². The number of pyridine rings is 4. The largest absolute Gasteiger partial charge is 0.450 e. The fourth-order valence-electron chi connectivity index (χ4n) is 26.1. The van der Waals surface area contributed by atoms with E-state index in [1.165, 1.54) is 48.5 Å². The summed E-state index contributed by atoms with van der Waals surface area (Å²) in [6, 6.07) is 42.0. The molecule has 8 aromatic rings. The minimum atomic E-state index is -3.29. The number of benzene rings is 4. The number of alkyl carbamates (subject to hydrolysis) is 4. The van der Waals surface area contributed by atoms with Gasteiger partial charge in [-0.1, -0.05) is 97.1 Å². The lowest BCUT2D eigenvalue weighted by Crippen LogP contribution is -2.50. The van der Waals surface area contributed by atoms with E-state index >= 15 is 0 Å². The Hall–Kier alpha value is -12.0. The standard InChI is InChI=1S/C29H34FN3O3.C28H34FN3O4S.C28H32FN3O3.C27H32FN3O4S/c1-3-36-29(35)32-23-10-11-24-20(14-23)15-27-26(16-28(34)33(27)2)25(24)12-9-22-8-7-19(17-31-22)18-5-4-6-21(30)13-18;1-3-36-28(33)31-23-10-11-24-20(14-23)15-27-26(17-37(34,35)32(27)2)25(24)12-9-22-8-7-19(16-30-22)18-5-4-6-21(29)13-18;1-2-35-28(34)31-22-9-10-23-19(13-22)14-26-25(15-27(33)32-26)24(23)11-8-21-7-6-18(16-30-21)17-4-3-5-20(29)12-17;1-2-35-27(32)30-22-9-10-23-19(13-22)14-26-25(16-36(33,34)31-26)24(23)11-8-21-7-6-18(15-29-21)17-4-3-5-20(28)12-17/h4-9,12-13,17,20,23-27H,3,10-11,14-16H2,1-2H3,(H,32,35);4-9,12-13,16,20,23-27H,3,10-11,14-15,17H2,1-2H3,(H,31,33);3-8,11-12,16,19,22-26H,2,9-10,13-15H2,1H3,(H,31,34)(H,32,33);3-8,11-12,15,19,22-26,31H,2,9-10,13-14,16H2,1H3,(H,30,32)/b2*12-9+;2*11-8+/t2*20-,23+,24+,25-,26+,27-;2*19-,22+,23+,24-,25+,26-/m0000/s1. The Kier molecular flexibility index (Phi) is 33.5. The fraction of sp³-hybridized carbons (Fsp3) is 0.482. The molecular weight excluding hydrogens is 1880 g/mol. The van der Waals surface area contributed by atoms with Crippen LogP contribution in [0.5, 0.6) is 0 Å². The molecule has 8 aliphatic carbocycles. The van der Waals surface area contributed by atoms with Crippen LogP contribution < -0.4 is 31.3 Å². The minimum Gasteiger partial charge on any atom is -0.450 e. The Bertz CT molecular complexity index is 6230. The lowest BCUT2D eigenvalue weighted by atomic mass is 9.59. The molecule has 4 saturated heterocycles. The third-order valence-electron chi connectivity index (χ3n) is 32.6. The smallest absolute Gasteiger partial charge is 0.407 e. The Morgan fingerprint density at radius 1 is 0.375 bits per heavy atom. The highest BCUT2D eigenvalue weighted by molar-refractivity contribution is 7.89. The van der Waals surface area contributed by atoms with Gasteiger partial charge < -0.3 is 50.4 Å². The van der Waals surface area contributed by atoms with Gasteiger partial charge in [-0.05, 0) is 344 Å². The van der Waals surface area contributed by atoms with E-state index in [1.807, 2.05) is 104 Å². The molecule has 12 fully saturated rings. The van der Waals surface area contributed by atoms with Crippen LogP contribution >= 0.6 is 0 Å². The molecule has 0 bridgehead atoms. The number of carbonyl (C=O) groups is 6. The SMILES string of the molecule is CCOC(=O)N[C@@H]1CC[C@@H]2[C@@H](C1)C[C@@H]1NC(=O)C[C@@H]1[C@H]2/C=C/c1ccc(-c2cccc(F)c2)cn1.CCOC(=O)N[C@@H]1CC[C@@H]2[C@@H](C1)C[C@@H]1NS(=O)(=O)C[C@@H]1[C@H]2/C=C/c1ccc(-c2cccc(F)c2)cn1.CCOC(=O)N[C@@H]1CC[C@@H]2[C@@H](C1)C[C@H]1[C@H](CC(=O)N1C)[C@H]2/C=C/c1ccc(-c2cccc(F)c2)cn1.CCOC(=O)N[C@@H]1CC[C@@H]2[C@@H](C1)C[C@H]1[C@H](CS(=O)(=O)N1C)[C@H]2/C=C/c1ccc(-c2cccc(F)c2)cn1. The highest BCUT2D eigenvalue weighted by atomic mass is 32.2. The van der Waals surface area contributed by atoms with E-state index in [4.69, 9.17) is 18.9 Å². The molecule has 0 radical (unpaired) electrons. The quantitative estimate of drug-likeness (QED) is 0.0305. The van der Waals surface area contributed by atoms with Crippen LogP contribution in [-0.4, -0.2) is 183 Å². The molecule has 12 aliphatic rings. The highest BCUT2D eigenvalue weighted by Gasteiger charge is 2.57. The molecule has 4 aromatic carbocycles. The van der Waals surface area contributed by atoms with Crippen LogP contribution in [0.4, 0.5) is 36.7 Å². The van der Waals surface area contributed by atoms with E-state index in [2.05, 4.69) is 87.7 Å². The van der Waals surface area contributed by atoms with Gasteiger partial charge >= 0.3 is 24.4 Å². The number of likely N-dealkylation sites (tertiary alicyclic amines) is 1. The number of fused-ring (bicyclic) bond motifs is 8. The summed E-state index contributed by atoms with van der Waals surface area (Å²) in [5.74, 6) is 4.18. The van der Waals surface area contributed by atoms with Crippen molar-refractivity contribution in [3.05, 3.63) is 241 Å². The summed E-state index contributed by atoms with van der Waals surface area (Å²) in [6.07, 6.45) is 38.1. The van der Waals surface area contributed by atoms with Crippen molar-refractivity contribution in [3.63, 3.8) is 0 Å². The number of rotatable bonds is 20. The van der Waals surface area contributed by atoms with Crippen molar-refractivity contribution in [3.8, 4) is 44.5 Å². The molecule has 0 spiro atoms. The van der Waals surface area contributed by atoms with Gasteiger partial charge in [-0.25, -0.2) is 62.6 Å². The van der Waals surface area contributed by atoms with Gasteiger partial charge in [0, 0.05) is 122 Å². The number of aromatic nitrogens is 4. The van der Waals surface area contributed by atoms with Gasteiger partial charge in [-0.3, -0.25) is 29.5 Å². The third kappa shape index (κ3) is 25.2. The van der Waals surface area contributed by atoms with E-state index < -0.39 is 20.0 Å². The predicted molar refractivity (Wildman–Crippen MR) is 544 cm³/mol. The molecule has 26 nitrogen and oxygen atoms in total. The van der Waals surface area contributed by atoms with Gasteiger partial charge in [0.25, 0.3) is 0 Å². The predicted octanol–water partition coefficient (Wildman–Crippen LogP) is 19.3. The van der Waals surface area contributed by atoms with Gasteiger partial charge in [0.05, 0.1) is 60.7 Å². The van der Waals surface area contributed by atoms with Crippen molar-refractivity contribution in [2.24, 2.45) is 94.7 Å². The van der Waals surface area contributed by atoms with Crippen LogP contribution in [0.25, 0.3) is 68.8 Å². The highest BCUT2D eigenvalue weighted by Crippen LogP contribution is 2.56. The topological polar surface area (TPSA) is 338 Å². The second-order valence-corrected chi connectivity index (χ2v) is 44.9. The number of amides is 6. The average Bonchev–Trinajstić information content (AvgIpc) is 1.54. The van der Waals surface area contributed by atoms with Crippen molar-refractivity contribution in [2.45, 2.75) is 192 Å². The van der Waals surface area contributed by atoms with E-state index in [0.29, 0.717) is 98.4 Å². The number of allylic oxidation sites excluding steroid dienone is 4. The van der Waals surface area contributed by atoms with E-state index in [0.717, 1.165) is 170 Å². The van der Waals surface area contributed by atoms with Crippen LogP contribution in [0.2, 0.25) is 0 Å². The summed E-state index contributed by atoms with van der Waals surface area (Å²) in [5.41, 5.74) is 9.82. The second-order valence-electron chi connectivity index (χ2n) is 41.0. The van der Waals surface area contributed by atoms with Crippen molar-refractivity contribution >= 4 is 80.5 Å². The molecule has 8 saturated carbocycles. The van der Waals surface area contributed by atoms with E-state index in [9.17, 15) is 63.2 Å². The zero-order chi connectivity index (χ0) is 101. The van der Waals surface area contributed by atoms with E-state index in [-0.39, 0.29) is 155 Å². The Labute approximate surface area is 841 Å². The molecule has 4 aliphatic heterocycles. The molecule has 6 amide bonds. The van der Waals surface area contributed by atoms with Gasteiger partial charge in [0.2, 0.25) is 31.9 Å². The van der Waals surface area contributed by atoms with Gasteiger partial charge in [0.1, 0.15) is 23.3 Å². The molecule has 0 unspecified atom stereocenters. The van der Waals surface area contributed by atoms with E-state index in [1.54, 1.807) is 81.2 Å². The van der Waals surface area contributed by atoms with Gasteiger partial charge in [0.15, 0.2) is 0 Å². The minimum absolute atomic E-state index is 0.0219. The molecule has 144 heavy (non-hydrogen) atoms. The number of carbonyl (C=O) groups excluding carboxylic acids is 6. The first-order valence-electron chi connectivity index (χ1n) is 51.3. The zero-order valence-corrected chi connectivity index (χ0v) is 84.0. The van der Waals surface area contributed by atoms with Crippen molar-refractivity contribution < 1.29 is 82.1 Å². The Morgan fingerprint density at radius 2 is 0.701 bits per heavy atom. The number of sulfonamides is 2. The summed E-state index contributed by atoms with van der Waals surface area (Å²) in [7, 11) is -2.94. The number of halogens is 4. The van der Waals surface area contributed by atoms with Crippen LogP contribution in [0.15, 0.2) is 195 Å². The summed E-state index contributed by atoms with van der Waals surface area (Å²) in [5, 5.41) is 15.2. The molecule has 24 atom stereocenters. The lowest BCUT2D eigenvalue weighted by Gasteiger charge is -2.49. The monoisotopic (exact) mass is 2010 g/mol. The summed E-state index contributed by atoms with van der Waals surface area (Å²) in [4.78, 5) is 93.0. The lowest BCUT2D eigenvalue weighted by molar-refractivity contribution is -0.128. The van der Waals surface area contributed by atoms with Crippen molar-refractivity contribution in [2.75, 3.05) is 52.0 Å². The van der Waals surface area contributed by atoms with Crippen LogP contribution in [0.3, 0.4) is 0 Å². The molecule has 6 N–H and O–H groups in total. The Balaban J connectivity index is 0.000000132. The number of nitrogens with one attached hydrogen (secondary N) is 6. The molecule has 20 rings (SSSR count). The number of hydrogen-bond donors (Lipinski definition) is 6.